The highest BCUT2D eigenvalue weighted by Crippen LogP contribution is 2.29. The zero-order valence-corrected chi connectivity index (χ0v) is 19.5. The average Bonchev–Trinajstić information content (AvgIpc) is 2.80. The van der Waals surface area contributed by atoms with E-state index in [1.165, 1.54) is 31.4 Å². The van der Waals surface area contributed by atoms with Crippen LogP contribution >= 0.6 is 0 Å². The number of ether oxygens (including phenoxy) is 1. The van der Waals surface area contributed by atoms with Gasteiger partial charge >= 0.3 is 0 Å². The van der Waals surface area contributed by atoms with Crippen molar-refractivity contribution in [1.82, 2.24) is 10.2 Å². The van der Waals surface area contributed by atoms with Gasteiger partial charge in [-0.3, -0.25) is 9.59 Å². The number of methoxy groups -OCH3 is 1. The molecule has 2 amide bonds. The molecule has 0 radical (unpaired) electrons. The molecule has 7 heteroatoms. The largest absolute Gasteiger partial charge is 0.496 e. The van der Waals surface area contributed by atoms with Crippen LogP contribution < -0.4 is 15.4 Å². The third kappa shape index (κ3) is 7.05. The Labute approximate surface area is 190 Å². The Morgan fingerprint density at radius 2 is 1.72 bits per heavy atom. The Hall–Kier alpha value is -2.93. The lowest BCUT2D eigenvalue weighted by Gasteiger charge is -2.19. The molecular weight excluding hydrogens is 409 g/mol. The van der Waals surface area contributed by atoms with Crippen molar-refractivity contribution in [1.29, 1.82) is 0 Å². The zero-order valence-electron chi connectivity index (χ0n) is 19.5. The van der Waals surface area contributed by atoms with Gasteiger partial charge in [0.2, 0.25) is 0 Å². The molecule has 0 aliphatic heterocycles. The topological polar surface area (TPSA) is 70.7 Å². The first-order valence-corrected chi connectivity index (χ1v) is 11.2. The van der Waals surface area contributed by atoms with Crippen molar-refractivity contribution in [2.75, 3.05) is 38.6 Å². The number of benzene rings is 2. The van der Waals surface area contributed by atoms with E-state index in [9.17, 15) is 14.0 Å². The summed E-state index contributed by atoms with van der Waals surface area (Å²) in [6.07, 6.45) is 2.59. The molecule has 0 fully saturated rings. The molecule has 0 aliphatic rings. The highest BCUT2D eigenvalue weighted by Gasteiger charge is 2.18. The Morgan fingerprint density at radius 1 is 1.03 bits per heavy atom. The molecule has 2 N–H and O–H groups in total. The summed E-state index contributed by atoms with van der Waals surface area (Å²) in [6, 6.07) is 8.85. The molecule has 0 saturated heterocycles. The fourth-order valence-corrected chi connectivity index (χ4v) is 3.42. The fraction of sp³-hybridized carbons (Fsp3) is 0.440. The second kappa shape index (κ2) is 12.8. The summed E-state index contributed by atoms with van der Waals surface area (Å²) in [5.41, 5.74) is 2.24. The normalized spacial score (nSPS) is 10.8. The molecule has 0 aromatic heterocycles. The van der Waals surface area contributed by atoms with E-state index in [1.807, 2.05) is 0 Å². The number of aryl methyl sites for hydroxylation is 1. The third-order valence-electron chi connectivity index (χ3n) is 5.43. The number of nitrogens with one attached hydrogen (secondary N) is 2. The number of hydrogen-bond donors (Lipinski definition) is 2. The molecule has 0 heterocycles. The van der Waals surface area contributed by atoms with Crippen LogP contribution in [0.15, 0.2) is 36.4 Å². The summed E-state index contributed by atoms with van der Waals surface area (Å²) in [6.45, 7) is 9.44. The quantitative estimate of drug-likeness (QED) is 0.507. The predicted octanol–water partition coefficient (Wildman–Crippen LogP) is 4.50. The molecule has 0 atom stereocenters. The Balaban J connectivity index is 2.25. The molecule has 0 aliphatic carbocycles. The average molecular weight is 444 g/mol. The van der Waals surface area contributed by atoms with Gasteiger partial charge in [-0.15, -0.1) is 0 Å². The maximum absolute atomic E-state index is 13.2. The number of likely N-dealkylation sites (N-methyl/N-ethyl adjacent to an activating group) is 1. The van der Waals surface area contributed by atoms with Gasteiger partial charge in [0.05, 0.1) is 12.7 Å². The number of rotatable bonds is 12. The summed E-state index contributed by atoms with van der Waals surface area (Å²) in [7, 11) is 1.50. The van der Waals surface area contributed by atoms with E-state index in [0.29, 0.717) is 35.5 Å². The van der Waals surface area contributed by atoms with Crippen molar-refractivity contribution in [3.63, 3.8) is 0 Å². The number of halogens is 1. The summed E-state index contributed by atoms with van der Waals surface area (Å²) in [5.74, 6) is -0.562. The molecule has 6 nitrogen and oxygen atoms in total. The minimum absolute atomic E-state index is 0.205. The van der Waals surface area contributed by atoms with Crippen LogP contribution in [0.1, 0.15) is 59.9 Å². The molecule has 0 unspecified atom stereocenters. The Kier molecular flexibility index (Phi) is 10.1. The first kappa shape index (κ1) is 25.3. The van der Waals surface area contributed by atoms with Crippen molar-refractivity contribution >= 4 is 17.5 Å². The fourth-order valence-electron chi connectivity index (χ4n) is 3.42. The lowest BCUT2D eigenvalue weighted by Crippen LogP contribution is -2.35. The number of carbonyl (C=O) groups is 2. The van der Waals surface area contributed by atoms with Crippen LogP contribution in [0.2, 0.25) is 0 Å². The van der Waals surface area contributed by atoms with Crippen molar-refractivity contribution in [3.8, 4) is 5.75 Å². The molecule has 2 rings (SSSR count). The summed E-state index contributed by atoms with van der Waals surface area (Å²) in [4.78, 5) is 27.8. The molecule has 174 valence electrons. The van der Waals surface area contributed by atoms with Crippen molar-refractivity contribution in [2.45, 2.75) is 40.0 Å². The minimum atomic E-state index is -0.400. The van der Waals surface area contributed by atoms with Crippen molar-refractivity contribution in [3.05, 3.63) is 58.9 Å². The van der Waals surface area contributed by atoms with Crippen LogP contribution in [0.5, 0.6) is 5.75 Å². The van der Waals surface area contributed by atoms with Crippen molar-refractivity contribution in [2.24, 2.45) is 0 Å². The van der Waals surface area contributed by atoms with E-state index in [-0.39, 0.29) is 11.8 Å². The first-order chi connectivity index (χ1) is 15.4. The summed E-state index contributed by atoms with van der Waals surface area (Å²) < 4.78 is 18.7. The molecular formula is C25H34FN3O3. The summed E-state index contributed by atoms with van der Waals surface area (Å²) >= 11 is 0. The van der Waals surface area contributed by atoms with E-state index in [2.05, 4.69) is 36.3 Å². The standard InChI is InChI=1S/C25H34FN3O3/c1-5-8-9-19-16-21(25(31)27-14-15-29(6-2)7-3)23(32-4)17-22(19)28-24(30)18-10-12-20(26)13-11-18/h10-13,16-17H,5-9,14-15H2,1-4H3,(H,27,31)(H,28,30). The van der Waals surface area contributed by atoms with Crippen LogP contribution in [0.4, 0.5) is 10.1 Å². The van der Waals surface area contributed by atoms with E-state index in [4.69, 9.17) is 4.74 Å². The number of amides is 2. The van der Waals surface area contributed by atoms with Gasteiger partial charge < -0.3 is 20.3 Å². The van der Waals surface area contributed by atoms with Crippen LogP contribution in [0, 0.1) is 5.82 Å². The lowest BCUT2D eigenvalue weighted by molar-refractivity contribution is 0.0945. The highest BCUT2D eigenvalue weighted by molar-refractivity contribution is 6.05. The zero-order chi connectivity index (χ0) is 23.5. The smallest absolute Gasteiger partial charge is 0.255 e. The number of nitrogens with zero attached hydrogens (tertiary/aromatic N) is 1. The lowest BCUT2D eigenvalue weighted by atomic mass is 10.0. The maximum atomic E-state index is 13.2. The van der Waals surface area contributed by atoms with Crippen LogP contribution in [-0.2, 0) is 6.42 Å². The van der Waals surface area contributed by atoms with E-state index in [0.717, 1.165) is 38.0 Å². The molecule has 2 aromatic rings. The molecule has 2 aromatic carbocycles. The van der Waals surface area contributed by atoms with Gasteiger partial charge in [-0.2, -0.15) is 0 Å². The number of unbranched alkanes of at least 4 members (excludes halogenated alkanes) is 1. The molecule has 0 saturated carbocycles. The summed E-state index contributed by atoms with van der Waals surface area (Å²) in [5, 5.41) is 5.85. The van der Waals surface area contributed by atoms with E-state index in [1.54, 1.807) is 12.1 Å². The van der Waals surface area contributed by atoms with E-state index >= 15 is 0 Å². The molecule has 0 spiro atoms. The Morgan fingerprint density at radius 3 is 2.31 bits per heavy atom. The van der Waals surface area contributed by atoms with Crippen LogP contribution in [0.3, 0.4) is 0 Å². The molecule has 32 heavy (non-hydrogen) atoms. The van der Waals surface area contributed by atoms with Gasteiger partial charge in [0.15, 0.2) is 0 Å². The molecule has 0 bridgehead atoms. The third-order valence-corrected chi connectivity index (χ3v) is 5.43. The maximum Gasteiger partial charge on any atom is 0.255 e. The van der Waals surface area contributed by atoms with Gasteiger partial charge in [0, 0.05) is 30.4 Å². The van der Waals surface area contributed by atoms with Crippen LogP contribution in [-0.4, -0.2) is 50.0 Å². The van der Waals surface area contributed by atoms with E-state index < -0.39 is 5.82 Å². The number of hydrogen-bond acceptors (Lipinski definition) is 4. The Bertz CT molecular complexity index is 896. The van der Waals surface area contributed by atoms with Gasteiger partial charge in [-0.05, 0) is 61.8 Å². The van der Waals surface area contributed by atoms with Gasteiger partial charge in [-0.1, -0.05) is 27.2 Å². The number of anilines is 1. The van der Waals surface area contributed by atoms with Gasteiger partial charge in [0.25, 0.3) is 11.8 Å². The highest BCUT2D eigenvalue weighted by atomic mass is 19.1. The SMILES string of the molecule is CCCCc1cc(C(=O)NCCN(CC)CC)c(OC)cc1NC(=O)c1ccc(F)cc1. The predicted molar refractivity (Wildman–Crippen MR) is 126 cm³/mol. The number of carbonyl (C=O) groups excluding carboxylic acids is 2. The minimum Gasteiger partial charge on any atom is -0.496 e. The first-order valence-electron chi connectivity index (χ1n) is 11.2. The van der Waals surface area contributed by atoms with Crippen molar-refractivity contribution < 1.29 is 18.7 Å². The van der Waals surface area contributed by atoms with Gasteiger partial charge in [0.1, 0.15) is 11.6 Å². The van der Waals surface area contributed by atoms with Gasteiger partial charge in [-0.25, -0.2) is 4.39 Å². The second-order valence-corrected chi connectivity index (χ2v) is 7.56. The van der Waals surface area contributed by atoms with Crippen LogP contribution in [0.25, 0.3) is 0 Å². The monoisotopic (exact) mass is 443 g/mol. The second-order valence-electron chi connectivity index (χ2n) is 7.56.